The molecule has 0 unspecified atom stereocenters. The third-order valence-electron chi connectivity index (χ3n) is 15.6. The first-order valence-corrected chi connectivity index (χ1v) is 23.3. The topological polar surface area (TPSA) is 34.5 Å². The summed E-state index contributed by atoms with van der Waals surface area (Å²) < 4.78 is 16.2. The Bertz CT molecular complexity index is 3950. The van der Waals surface area contributed by atoms with Gasteiger partial charge in [0.1, 0.15) is 22.3 Å². The first-order chi connectivity index (χ1) is 31.1. The molecule has 3 aliphatic rings. The summed E-state index contributed by atoms with van der Waals surface area (Å²) in [6, 6.07) is 50.8. The number of para-hydroxylation sites is 1. The average Bonchev–Trinajstić information content (AvgIpc) is 4.00. The Balaban J connectivity index is 1.16. The van der Waals surface area contributed by atoms with Gasteiger partial charge in [0.25, 0.3) is 0 Å². The summed E-state index contributed by atoms with van der Waals surface area (Å²) in [6.45, 7) is 20.7. The molecule has 8 aromatic carbocycles. The van der Waals surface area contributed by atoms with Gasteiger partial charge in [0.15, 0.2) is 0 Å². The van der Waals surface area contributed by atoms with E-state index in [0.717, 1.165) is 55.3 Å². The number of furan rings is 2. The third-order valence-corrected chi connectivity index (χ3v) is 15.6. The van der Waals surface area contributed by atoms with Crippen molar-refractivity contribution < 1.29 is 8.83 Å². The first kappa shape index (κ1) is 37.4. The van der Waals surface area contributed by atoms with Gasteiger partial charge in [0.2, 0.25) is 0 Å². The zero-order valence-corrected chi connectivity index (χ0v) is 38.5. The lowest BCUT2D eigenvalue weighted by molar-refractivity contribution is 0.587. The van der Waals surface area contributed by atoms with Crippen LogP contribution in [0.15, 0.2) is 142 Å². The highest BCUT2D eigenvalue weighted by molar-refractivity contribution is 6.93. The Morgan fingerprint density at radius 2 is 1.18 bits per heavy atom. The summed E-state index contributed by atoms with van der Waals surface area (Å²) in [6.07, 6.45) is 0. The third kappa shape index (κ3) is 4.78. The van der Waals surface area contributed by atoms with E-state index in [1.807, 2.05) is 0 Å². The summed E-state index contributed by atoms with van der Waals surface area (Å²) in [7, 11) is 0. The molecule has 0 saturated heterocycles. The van der Waals surface area contributed by atoms with Crippen LogP contribution in [0.5, 0.6) is 0 Å². The minimum Gasteiger partial charge on any atom is -0.456 e. The van der Waals surface area contributed by atoms with Gasteiger partial charge in [-0.25, -0.2) is 0 Å². The van der Waals surface area contributed by atoms with Crippen LogP contribution in [-0.4, -0.2) is 11.4 Å². The number of nitrogens with zero attached hydrogens (tertiary/aromatic N) is 2. The number of aromatic nitrogens is 1. The summed E-state index contributed by atoms with van der Waals surface area (Å²) >= 11 is 0. The van der Waals surface area contributed by atoms with Gasteiger partial charge in [0.05, 0.1) is 11.0 Å². The van der Waals surface area contributed by atoms with Crippen LogP contribution < -0.4 is 15.7 Å². The summed E-state index contributed by atoms with van der Waals surface area (Å²) in [5, 5.41) is 7.16. The van der Waals surface area contributed by atoms with Gasteiger partial charge >= 0.3 is 6.85 Å². The Hall–Kier alpha value is -6.98. The van der Waals surface area contributed by atoms with Crippen molar-refractivity contribution >= 4 is 94.8 Å². The molecule has 4 nitrogen and oxygen atoms in total. The number of hydrogen-bond acceptors (Lipinski definition) is 3. The van der Waals surface area contributed by atoms with Crippen molar-refractivity contribution in [2.45, 2.75) is 78.6 Å². The summed E-state index contributed by atoms with van der Waals surface area (Å²) in [5.74, 6) is 0. The molecule has 0 fully saturated rings. The molecule has 65 heavy (non-hydrogen) atoms. The van der Waals surface area contributed by atoms with E-state index in [-0.39, 0.29) is 23.1 Å². The molecular formula is C60H49BN2O2. The minimum absolute atomic E-state index is 0.00431. The number of hydrogen-bond donors (Lipinski definition) is 0. The molecular weight excluding hydrogens is 791 g/mol. The molecule has 11 aromatic rings. The molecule has 0 saturated carbocycles. The van der Waals surface area contributed by atoms with Crippen LogP contribution in [0.25, 0.3) is 93.6 Å². The number of fused-ring (bicyclic) bond motifs is 17. The van der Waals surface area contributed by atoms with E-state index in [4.69, 9.17) is 8.83 Å². The van der Waals surface area contributed by atoms with Crippen LogP contribution >= 0.6 is 0 Å². The molecule has 0 atom stereocenters. The number of benzene rings is 8. The van der Waals surface area contributed by atoms with Crippen molar-refractivity contribution in [1.82, 2.24) is 4.57 Å². The van der Waals surface area contributed by atoms with Gasteiger partial charge in [-0.3, -0.25) is 0 Å². The fraction of sp³-hybridized carbons (Fsp3) is 0.200. The Kier molecular flexibility index (Phi) is 6.92. The van der Waals surface area contributed by atoms with Crippen molar-refractivity contribution in [3.8, 4) is 27.9 Å². The maximum atomic E-state index is 6.92. The van der Waals surface area contributed by atoms with Crippen LogP contribution in [0, 0.1) is 6.92 Å². The van der Waals surface area contributed by atoms with Crippen molar-refractivity contribution in [3.05, 3.63) is 161 Å². The monoisotopic (exact) mass is 840 g/mol. The second-order valence-corrected chi connectivity index (χ2v) is 21.8. The molecule has 314 valence electrons. The van der Waals surface area contributed by atoms with E-state index < -0.39 is 0 Å². The molecule has 3 aromatic heterocycles. The number of aryl methyl sites for hydroxylation is 1. The van der Waals surface area contributed by atoms with Crippen LogP contribution in [0.3, 0.4) is 0 Å². The molecule has 5 heterocycles. The zero-order chi connectivity index (χ0) is 44.2. The van der Waals surface area contributed by atoms with E-state index >= 15 is 0 Å². The maximum Gasteiger partial charge on any atom is 0.333 e. The molecule has 0 N–H and O–H groups in total. The summed E-state index contributed by atoms with van der Waals surface area (Å²) in [5.41, 5.74) is 23.9. The second-order valence-electron chi connectivity index (χ2n) is 21.8. The van der Waals surface area contributed by atoms with Gasteiger partial charge in [-0.15, -0.1) is 0 Å². The number of anilines is 2. The van der Waals surface area contributed by atoms with E-state index in [0.29, 0.717) is 0 Å². The van der Waals surface area contributed by atoms with Gasteiger partial charge in [0, 0.05) is 72.5 Å². The Morgan fingerprint density at radius 1 is 0.508 bits per heavy atom. The van der Waals surface area contributed by atoms with Crippen LogP contribution in [0.2, 0.25) is 0 Å². The van der Waals surface area contributed by atoms with Crippen LogP contribution in [-0.2, 0) is 16.2 Å². The SMILES string of the molecule is Cc1cc2c3c4c1c1cc5c(cc1n4-c1cc4c(cc1B3N(c1ccc(C(C)(C)C)cc1)c1cc3oc6cc(C(C)(C)C)ccc6c3cc1-2)C(C)(C)c1ccccc1-4)oc1ccccc15. The largest absolute Gasteiger partial charge is 0.456 e. The highest BCUT2D eigenvalue weighted by Crippen LogP contribution is 2.53. The Morgan fingerprint density at radius 3 is 1.98 bits per heavy atom. The van der Waals surface area contributed by atoms with Crippen LogP contribution in [0.4, 0.5) is 11.4 Å². The van der Waals surface area contributed by atoms with Gasteiger partial charge in [-0.2, -0.15) is 0 Å². The first-order valence-electron chi connectivity index (χ1n) is 23.3. The van der Waals surface area contributed by atoms with Gasteiger partial charge in [-0.1, -0.05) is 134 Å². The fourth-order valence-electron chi connectivity index (χ4n) is 12.2. The molecule has 14 rings (SSSR count). The predicted octanol–water partition coefficient (Wildman–Crippen LogP) is 15.0. The molecule has 1 aliphatic carbocycles. The van der Waals surface area contributed by atoms with Crippen molar-refractivity contribution in [2.24, 2.45) is 0 Å². The van der Waals surface area contributed by atoms with Crippen molar-refractivity contribution in [1.29, 1.82) is 0 Å². The van der Waals surface area contributed by atoms with E-state index in [1.54, 1.807) is 0 Å². The Labute approximate surface area is 379 Å². The van der Waals surface area contributed by atoms with E-state index in [9.17, 15) is 0 Å². The highest BCUT2D eigenvalue weighted by Gasteiger charge is 2.47. The standard InChI is InChI=1S/C60H49BN2O2/c1-32-24-43-40-26-41-38-23-20-34(59(5,6)7)25-52(38)65-54(41)31-49(40)63(35-21-18-33(19-22-35)58(2,3)4)61-47-29-46-39(36-14-10-12-16-45(36)60(46,8)9)28-50(47)62-48-30-53-42(37-15-11-13-17-51(37)64-53)27-44(48)55(32)57(62)56(43)61/h10-31H,1-9H3. The molecule has 0 spiro atoms. The van der Waals surface area contributed by atoms with Gasteiger partial charge in [-0.05, 0) is 116 Å². The second kappa shape index (κ2) is 12.0. The van der Waals surface area contributed by atoms with Crippen LogP contribution in [0.1, 0.15) is 83.2 Å². The molecule has 5 heteroatoms. The smallest absolute Gasteiger partial charge is 0.333 e. The van der Waals surface area contributed by atoms with Crippen molar-refractivity contribution in [3.63, 3.8) is 0 Å². The lowest BCUT2D eigenvalue weighted by Crippen LogP contribution is -2.60. The maximum absolute atomic E-state index is 6.92. The molecule has 0 amide bonds. The molecule has 0 bridgehead atoms. The zero-order valence-electron chi connectivity index (χ0n) is 38.5. The average molecular weight is 841 g/mol. The predicted molar refractivity (Wildman–Crippen MR) is 274 cm³/mol. The molecule has 0 radical (unpaired) electrons. The molecule has 2 aliphatic heterocycles. The normalized spacial score (nSPS) is 14.9. The lowest BCUT2D eigenvalue weighted by Gasteiger charge is -2.42. The van der Waals surface area contributed by atoms with E-state index in [2.05, 4.69) is 205 Å². The fourth-order valence-corrected chi connectivity index (χ4v) is 12.2. The quantitative estimate of drug-likeness (QED) is 0.154. The van der Waals surface area contributed by atoms with Crippen molar-refractivity contribution in [2.75, 3.05) is 4.81 Å². The van der Waals surface area contributed by atoms with E-state index in [1.165, 1.54) is 88.5 Å². The number of rotatable bonds is 1. The highest BCUT2D eigenvalue weighted by atomic mass is 16.3. The lowest BCUT2D eigenvalue weighted by atomic mass is 9.43. The summed E-state index contributed by atoms with van der Waals surface area (Å²) in [4.78, 5) is 2.65. The minimum atomic E-state index is -0.177. The van der Waals surface area contributed by atoms with Gasteiger partial charge < -0.3 is 18.2 Å².